The number of likely N-dealkylation sites (tertiary alicyclic amines) is 1. The van der Waals surface area contributed by atoms with Crippen LogP contribution in [0.1, 0.15) is 43.6 Å². The van der Waals surface area contributed by atoms with Crippen LogP contribution >= 0.6 is 22.9 Å². The number of carbonyl (C=O) groups excluding carboxylic acids is 1. The molecule has 0 saturated carbocycles. The molecule has 1 spiro atoms. The summed E-state index contributed by atoms with van der Waals surface area (Å²) in [6.07, 6.45) is 3.12. The average Bonchev–Trinajstić information content (AvgIpc) is 3.51. The Bertz CT molecular complexity index is 1230. The first-order valence-electron chi connectivity index (χ1n) is 11.7. The first kappa shape index (κ1) is 24.5. The molecule has 2 fully saturated rings. The highest BCUT2D eigenvalue weighted by atomic mass is 35.5. The van der Waals surface area contributed by atoms with E-state index in [1.807, 2.05) is 23.1 Å². The number of benzene rings is 1. The molecule has 188 valence electrons. The molecule has 11 heteroatoms. The van der Waals surface area contributed by atoms with Gasteiger partial charge in [-0.05, 0) is 42.5 Å². The number of methoxy groups -OCH3 is 1. The zero-order valence-electron chi connectivity index (χ0n) is 19.5. The number of sulfonamides is 1. The zero-order valence-corrected chi connectivity index (χ0v) is 21.9. The van der Waals surface area contributed by atoms with Crippen molar-refractivity contribution in [3.8, 4) is 5.75 Å². The van der Waals surface area contributed by atoms with Gasteiger partial charge in [-0.25, -0.2) is 8.42 Å². The number of piperidine rings is 2. The molecule has 1 aromatic heterocycles. The Morgan fingerprint density at radius 2 is 1.86 bits per heavy atom. The summed E-state index contributed by atoms with van der Waals surface area (Å²) in [5.74, 6) is 1.17. The number of halogens is 1. The molecule has 1 amide bonds. The third-order valence-corrected chi connectivity index (χ3v) is 10.8. The summed E-state index contributed by atoms with van der Waals surface area (Å²) in [5, 5.41) is 4.16. The van der Waals surface area contributed by atoms with Gasteiger partial charge in [0.1, 0.15) is 21.3 Å². The Balaban J connectivity index is 1.16. The molecule has 0 radical (unpaired) electrons. The van der Waals surface area contributed by atoms with Gasteiger partial charge in [0.15, 0.2) is 0 Å². The van der Waals surface area contributed by atoms with Crippen LogP contribution < -0.4 is 4.74 Å². The maximum Gasteiger partial charge on any atom is 0.271 e. The number of oxime groups is 1. The van der Waals surface area contributed by atoms with Crippen molar-refractivity contribution in [2.75, 3.05) is 33.3 Å². The molecule has 3 aliphatic rings. The van der Waals surface area contributed by atoms with Crippen LogP contribution in [-0.2, 0) is 19.7 Å². The second-order valence-electron chi connectivity index (χ2n) is 9.26. The molecule has 2 aromatic rings. The van der Waals surface area contributed by atoms with Gasteiger partial charge in [-0.3, -0.25) is 4.79 Å². The molecule has 1 aromatic carbocycles. The van der Waals surface area contributed by atoms with Crippen molar-refractivity contribution in [2.45, 2.75) is 47.8 Å². The average molecular weight is 538 g/mol. The van der Waals surface area contributed by atoms with Gasteiger partial charge in [-0.1, -0.05) is 35.0 Å². The molecule has 0 unspecified atom stereocenters. The van der Waals surface area contributed by atoms with Crippen LogP contribution in [0.5, 0.6) is 5.75 Å². The van der Waals surface area contributed by atoms with Crippen LogP contribution in [0.15, 0.2) is 45.8 Å². The molecule has 0 aliphatic carbocycles. The summed E-state index contributed by atoms with van der Waals surface area (Å²) < 4.78 is 33.4. The first-order valence-corrected chi connectivity index (χ1v) is 14.4. The van der Waals surface area contributed by atoms with E-state index in [0.29, 0.717) is 61.4 Å². The van der Waals surface area contributed by atoms with Gasteiger partial charge in [0.05, 0.1) is 11.4 Å². The van der Waals surface area contributed by atoms with E-state index in [9.17, 15) is 13.2 Å². The maximum atomic E-state index is 13.2. The highest BCUT2D eigenvalue weighted by molar-refractivity contribution is 7.91. The Hall–Kier alpha value is -2.14. The third-order valence-electron chi connectivity index (χ3n) is 7.22. The van der Waals surface area contributed by atoms with Crippen molar-refractivity contribution < 1.29 is 22.8 Å². The topological polar surface area (TPSA) is 88.5 Å². The number of hydrogen-bond acceptors (Lipinski definition) is 7. The van der Waals surface area contributed by atoms with E-state index >= 15 is 0 Å². The minimum absolute atomic E-state index is 0.0800. The lowest BCUT2D eigenvalue weighted by Gasteiger charge is -2.36. The minimum atomic E-state index is -3.58. The van der Waals surface area contributed by atoms with Crippen LogP contribution in [0, 0.1) is 0 Å². The smallest absolute Gasteiger partial charge is 0.271 e. The van der Waals surface area contributed by atoms with Crippen molar-refractivity contribution in [1.29, 1.82) is 0 Å². The van der Waals surface area contributed by atoms with E-state index in [1.54, 1.807) is 13.2 Å². The molecule has 2 saturated heterocycles. The Labute approximate surface area is 214 Å². The number of para-hydroxylation sites is 1. The summed E-state index contributed by atoms with van der Waals surface area (Å²) in [5.41, 5.74) is 1.01. The van der Waals surface area contributed by atoms with Gasteiger partial charge in [0.25, 0.3) is 15.9 Å². The monoisotopic (exact) mass is 537 g/mol. The predicted molar refractivity (Wildman–Crippen MR) is 135 cm³/mol. The first-order chi connectivity index (χ1) is 16.8. The molecular weight excluding hydrogens is 510 g/mol. The number of amides is 1. The van der Waals surface area contributed by atoms with Crippen molar-refractivity contribution in [2.24, 2.45) is 5.16 Å². The molecule has 4 heterocycles. The number of hydrogen-bond donors (Lipinski definition) is 0. The minimum Gasteiger partial charge on any atom is -0.496 e. The highest BCUT2D eigenvalue weighted by Gasteiger charge is 2.46. The molecule has 0 atom stereocenters. The fourth-order valence-corrected chi connectivity index (χ4v) is 8.26. The van der Waals surface area contributed by atoms with Crippen LogP contribution in [0.3, 0.4) is 0 Å². The summed E-state index contributed by atoms with van der Waals surface area (Å²) in [6, 6.07) is 11.2. The molecule has 0 bridgehead atoms. The van der Waals surface area contributed by atoms with E-state index < -0.39 is 15.6 Å². The van der Waals surface area contributed by atoms with Crippen molar-refractivity contribution in [1.82, 2.24) is 9.21 Å². The van der Waals surface area contributed by atoms with Crippen molar-refractivity contribution in [3.63, 3.8) is 0 Å². The summed E-state index contributed by atoms with van der Waals surface area (Å²) >= 11 is 6.98. The van der Waals surface area contributed by atoms with Gasteiger partial charge >= 0.3 is 0 Å². The summed E-state index contributed by atoms with van der Waals surface area (Å²) in [4.78, 5) is 20.8. The number of thiophene rings is 1. The fraction of sp³-hybridized carbons (Fsp3) is 0.500. The lowest BCUT2D eigenvalue weighted by molar-refractivity contribution is -0.125. The SMILES string of the molecule is COc1ccccc1C1CCN(C(=O)C2=NOC3(CCN(S(=O)(=O)c4ccc(Cl)s4)CC3)C2)CC1. The zero-order chi connectivity index (χ0) is 24.6. The van der Waals surface area contributed by atoms with Gasteiger partial charge < -0.3 is 14.5 Å². The standard InChI is InChI=1S/C24H28ClN3O5S2/c1-32-20-5-3-2-4-18(20)17-8-12-27(13-9-17)23(29)19-16-24(33-26-19)10-14-28(15-11-24)35(30,31)22-7-6-21(25)34-22/h2-7,17H,8-16H2,1H3. The van der Waals surface area contributed by atoms with E-state index in [0.717, 1.165) is 29.9 Å². The summed E-state index contributed by atoms with van der Waals surface area (Å²) in [7, 11) is -1.89. The Morgan fingerprint density at radius 3 is 2.51 bits per heavy atom. The second kappa shape index (κ2) is 9.72. The van der Waals surface area contributed by atoms with E-state index in [1.165, 1.54) is 15.9 Å². The lowest BCUT2D eigenvalue weighted by atomic mass is 9.86. The largest absolute Gasteiger partial charge is 0.496 e. The van der Waals surface area contributed by atoms with Crippen molar-refractivity contribution >= 4 is 44.6 Å². The fourth-order valence-electron chi connectivity index (χ4n) is 5.18. The van der Waals surface area contributed by atoms with Crippen LogP contribution in [0.2, 0.25) is 4.34 Å². The Morgan fingerprint density at radius 1 is 1.14 bits per heavy atom. The molecular formula is C24H28ClN3O5S2. The second-order valence-corrected chi connectivity index (χ2v) is 13.1. The molecule has 8 nitrogen and oxygen atoms in total. The Kier molecular flexibility index (Phi) is 6.82. The van der Waals surface area contributed by atoms with Gasteiger partial charge in [0, 0.05) is 45.4 Å². The molecule has 5 rings (SSSR count). The third kappa shape index (κ3) is 4.81. The number of ether oxygens (including phenoxy) is 1. The predicted octanol–water partition coefficient (Wildman–Crippen LogP) is 4.12. The summed E-state index contributed by atoms with van der Waals surface area (Å²) in [6.45, 7) is 1.95. The highest BCUT2D eigenvalue weighted by Crippen LogP contribution is 2.39. The molecule has 35 heavy (non-hydrogen) atoms. The number of rotatable bonds is 5. The molecule has 3 aliphatic heterocycles. The number of nitrogens with zero attached hydrogens (tertiary/aromatic N) is 3. The van der Waals surface area contributed by atoms with Crippen LogP contribution in [0.25, 0.3) is 0 Å². The quantitative estimate of drug-likeness (QED) is 0.572. The lowest BCUT2D eigenvalue weighted by Crippen LogP contribution is -2.47. The van der Waals surface area contributed by atoms with Crippen molar-refractivity contribution in [3.05, 3.63) is 46.3 Å². The van der Waals surface area contributed by atoms with E-state index in [-0.39, 0.29) is 10.1 Å². The number of carbonyl (C=O) groups is 1. The maximum absolute atomic E-state index is 13.2. The van der Waals surface area contributed by atoms with E-state index in [4.69, 9.17) is 21.2 Å². The van der Waals surface area contributed by atoms with Crippen LogP contribution in [0.4, 0.5) is 0 Å². The van der Waals surface area contributed by atoms with Crippen LogP contribution in [-0.4, -0.2) is 68.1 Å². The normalized spacial score (nSPS) is 21.1. The van der Waals surface area contributed by atoms with Gasteiger partial charge in [-0.2, -0.15) is 4.31 Å². The van der Waals surface area contributed by atoms with E-state index in [2.05, 4.69) is 11.2 Å². The van der Waals surface area contributed by atoms with Gasteiger partial charge in [-0.15, -0.1) is 11.3 Å². The molecule has 0 N–H and O–H groups in total. The van der Waals surface area contributed by atoms with Gasteiger partial charge in [0.2, 0.25) is 0 Å².